The van der Waals surface area contributed by atoms with Crippen molar-refractivity contribution in [2.24, 2.45) is 0 Å². The van der Waals surface area contributed by atoms with Crippen LogP contribution in [0.1, 0.15) is 5.56 Å². The van der Waals surface area contributed by atoms with Crippen molar-refractivity contribution >= 4 is 45.7 Å². The highest BCUT2D eigenvalue weighted by Crippen LogP contribution is 2.31. The van der Waals surface area contributed by atoms with Crippen LogP contribution in [0.4, 0.5) is 11.8 Å². The highest BCUT2D eigenvalue weighted by molar-refractivity contribution is 7.99. The summed E-state index contributed by atoms with van der Waals surface area (Å²) in [5.41, 5.74) is 2.92. The standard InChI is InChI=1S/C22H27N7OS2/c30-32-14-11-28(12-15-32)20-18-19(26-22(27-20)29-9-7-23-8-10-29)21(25-16-24-18)31-13-6-17-4-2-1-3-5-17/h1-5,16,23H,6-15H2. The van der Waals surface area contributed by atoms with Gasteiger partial charge in [0.2, 0.25) is 5.95 Å². The van der Waals surface area contributed by atoms with E-state index in [1.807, 2.05) is 6.07 Å². The van der Waals surface area contributed by atoms with Gasteiger partial charge in [0.25, 0.3) is 0 Å². The zero-order valence-electron chi connectivity index (χ0n) is 17.9. The van der Waals surface area contributed by atoms with Gasteiger partial charge in [-0.25, -0.2) is 15.0 Å². The van der Waals surface area contributed by atoms with Crippen LogP contribution in [-0.2, 0) is 17.6 Å². The van der Waals surface area contributed by atoms with Gasteiger partial charge in [0.1, 0.15) is 33.9 Å². The molecule has 0 radical (unpaired) electrons. The first kappa shape index (κ1) is 21.7. The van der Waals surface area contributed by atoms with Crippen molar-refractivity contribution in [3.63, 3.8) is 0 Å². The molecular formula is C22H27N7OS2. The third-order valence-electron chi connectivity index (χ3n) is 5.77. The second kappa shape index (κ2) is 10.2. The van der Waals surface area contributed by atoms with E-state index in [1.165, 1.54) is 5.56 Å². The molecule has 0 bridgehead atoms. The lowest BCUT2D eigenvalue weighted by atomic mass is 10.2. The Morgan fingerprint density at radius 3 is 2.50 bits per heavy atom. The summed E-state index contributed by atoms with van der Waals surface area (Å²) in [6, 6.07) is 10.5. The van der Waals surface area contributed by atoms with Crippen LogP contribution in [0.2, 0.25) is 0 Å². The van der Waals surface area contributed by atoms with E-state index in [9.17, 15) is 4.55 Å². The summed E-state index contributed by atoms with van der Waals surface area (Å²) in [6.45, 7) is 5.03. The molecule has 2 aliphatic heterocycles. The maximum atomic E-state index is 11.9. The molecule has 0 saturated carbocycles. The molecule has 0 atom stereocenters. The Hall–Kier alpha value is -2.14. The van der Waals surface area contributed by atoms with E-state index < -0.39 is 11.2 Å². The van der Waals surface area contributed by atoms with Gasteiger partial charge in [-0.05, 0) is 12.0 Å². The summed E-state index contributed by atoms with van der Waals surface area (Å²) in [7, 11) is 0. The van der Waals surface area contributed by atoms with E-state index in [2.05, 4.69) is 49.4 Å². The Kier molecular flexibility index (Phi) is 6.92. The molecule has 5 rings (SSSR count). The van der Waals surface area contributed by atoms with E-state index in [1.54, 1.807) is 18.1 Å². The van der Waals surface area contributed by atoms with E-state index in [0.717, 1.165) is 79.3 Å². The van der Waals surface area contributed by atoms with Crippen molar-refractivity contribution in [1.29, 1.82) is 0 Å². The lowest BCUT2D eigenvalue weighted by Gasteiger charge is -2.31. The highest BCUT2D eigenvalue weighted by Gasteiger charge is 2.26. The SMILES string of the molecule is [O-][S+]1CCN(c2nc(N3CCNCC3)nc3c(SCCc4ccccc4)ncnc23)CC1. The zero-order valence-corrected chi connectivity index (χ0v) is 19.6. The van der Waals surface area contributed by atoms with Crippen LogP contribution in [0.5, 0.6) is 0 Å². The topological polar surface area (TPSA) is 93.1 Å². The molecule has 4 heterocycles. The fraction of sp³-hybridized carbons (Fsp3) is 0.455. The Morgan fingerprint density at radius 2 is 1.72 bits per heavy atom. The quantitative estimate of drug-likeness (QED) is 0.329. The first-order chi connectivity index (χ1) is 15.8. The Bertz CT molecular complexity index is 1040. The fourth-order valence-electron chi connectivity index (χ4n) is 3.99. The number of piperazine rings is 1. The summed E-state index contributed by atoms with van der Waals surface area (Å²) in [5, 5.41) is 4.28. The Labute approximate surface area is 195 Å². The van der Waals surface area contributed by atoms with Gasteiger partial charge in [-0.15, -0.1) is 11.8 Å². The van der Waals surface area contributed by atoms with E-state index in [-0.39, 0.29) is 0 Å². The maximum Gasteiger partial charge on any atom is 0.228 e. The molecule has 2 saturated heterocycles. The van der Waals surface area contributed by atoms with Gasteiger partial charge in [0, 0.05) is 31.9 Å². The lowest BCUT2D eigenvalue weighted by Crippen LogP contribution is -2.45. The molecule has 2 aromatic heterocycles. The van der Waals surface area contributed by atoms with Crippen molar-refractivity contribution < 1.29 is 4.55 Å². The summed E-state index contributed by atoms with van der Waals surface area (Å²) < 4.78 is 11.9. The van der Waals surface area contributed by atoms with Gasteiger partial charge in [0.05, 0.1) is 13.1 Å². The molecule has 168 valence electrons. The van der Waals surface area contributed by atoms with Crippen LogP contribution in [0.25, 0.3) is 11.0 Å². The zero-order chi connectivity index (χ0) is 21.8. The number of rotatable bonds is 6. The number of benzene rings is 1. The maximum absolute atomic E-state index is 11.9. The smallest absolute Gasteiger partial charge is 0.228 e. The number of aryl methyl sites for hydroxylation is 1. The van der Waals surface area contributed by atoms with Crippen LogP contribution in [0, 0.1) is 0 Å². The van der Waals surface area contributed by atoms with Crippen molar-refractivity contribution in [3.05, 3.63) is 42.2 Å². The monoisotopic (exact) mass is 469 g/mol. The number of hydrogen-bond acceptors (Lipinski definition) is 9. The fourth-order valence-corrected chi connectivity index (χ4v) is 5.98. The van der Waals surface area contributed by atoms with E-state index in [4.69, 9.17) is 9.97 Å². The molecule has 8 nitrogen and oxygen atoms in total. The molecule has 10 heteroatoms. The molecule has 1 N–H and O–H groups in total. The summed E-state index contributed by atoms with van der Waals surface area (Å²) >= 11 is 0.971. The first-order valence-corrected chi connectivity index (χ1v) is 13.5. The van der Waals surface area contributed by atoms with Crippen molar-refractivity contribution in [1.82, 2.24) is 25.3 Å². The molecular weight excluding hydrogens is 442 g/mol. The van der Waals surface area contributed by atoms with Crippen LogP contribution >= 0.6 is 11.8 Å². The van der Waals surface area contributed by atoms with E-state index >= 15 is 0 Å². The third-order valence-corrected chi connectivity index (χ3v) is 8.02. The third kappa shape index (κ3) is 4.93. The molecule has 32 heavy (non-hydrogen) atoms. The average molecular weight is 470 g/mol. The lowest BCUT2D eigenvalue weighted by molar-refractivity contribution is 0.578. The summed E-state index contributed by atoms with van der Waals surface area (Å²) in [5.74, 6) is 3.82. The molecule has 2 aliphatic rings. The van der Waals surface area contributed by atoms with Gasteiger partial charge in [-0.1, -0.05) is 41.5 Å². The van der Waals surface area contributed by atoms with Gasteiger partial charge in [-0.3, -0.25) is 0 Å². The molecule has 0 aliphatic carbocycles. The predicted octanol–water partition coefficient (Wildman–Crippen LogP) is 1.73. The van der Waals surface area contributed by atoms with Crippen molar-refractivity contribution in [3.8, 4) is 0 Å². The van der Waals surface area contributed by atoms with Gasteiger partial charge in [-0.2, -0.15) is 4.98 Å². The minimum atomic E-state index is -0.746. The number of nitrogens with zero attached hydrogens (tertiary/aromatic N) is 6. The van der Waals surface area contributed by atoms with Crippen LogP contribution in [0.15, 0.2) is 41.7 Å². The van der Waals surface area contributed by atoms with E-state index in [0.29, 0.717) is 11.5 Å². The van der Waals surface area contributed by atoms with Gasteiger partial charge >= 0.3 is 0 Å². The minimum Gasteiger partial charge on any atom is -0.616 e. The van der Waals surface area contributed by atoms with Crippen LogP contribution in [-0.4, -0.2) is 81.0 Å². The number of aromatic nitrogens is 4. The van der Waals surface area contributed by atoms with Crippen molar-refractivity contribution in [2.75, 3.05) is 66.3 Å². The van der Waals surface area contributed by atoms with Gasteiger partial charge in [0.15, 0.2) is 5.82 Å². The van der Waals surface area contributed by atoms with Crippen LogP contribution in [0.3, 0.4) is 0 Å². The average Bonchev–Trinajstić information content (AvgIpc) is 2.85. The highest BCUT2D eigenvalue weighted by atomic mass is 32.2. The predicted molar refractivity (Wildman–Crippen MR) is 131 cm³/mol. The van der Waals surface area contributed by atoms with Gasteiger partial charge < -0.3 is 19.7 Å². The largest absolute Gasteiger partial charge is 0.616 e. The number of thioether (sulfide) groups is 1. The Balaban J connectivity index is 1.47. The molecule has 0 amide bonds. The number of anilines is 2. The second-order valence-electron chi connectivity index (χ2n) is 7.88. The number of hydrogen-bond donors (Lipinski definition) is 1. The first-order valence-electron chi connectivity index (χ1n) is 11.0. The molecule has 0 unspecified atom stereocenters. The molecule has 0 spiro atoms. The molecule has 3 aromatic rings. The Morgan fingerprint density at radius 1 is 0.938 bits per heavy atom. The number of nitrogens with one attached hydrogen (secondary N) is 1. The molecule has 1 aromatic carbocycles. The molecule has 2 fully saturated rings. The van der Waals surface area contributed by atoms with Crippen LogP contribution < -0.4 is 15.1 Å². The summed E-state index contributed by atoms with van der Waals surface area (Å²) in [4.78, 5) is 23.5. The minimum absolute atomic E-state index is 0.665. The number of fused-ring (bicyclic) bond motifs is 1. The summed E-state index contributed by atoms with van der Waals surface area (Å²) in [6.07, 6.45) is 2.59. The van der Waals surface area contributed by atoms with Crippen molar-refractivity contribution in [2.45, 2.75) is 11.4 Å². The normalized spacial score (nSPS) is 17.8. The second-order valence-corrected chi connectivity index (χ2v) is 10.7.